The fourth-order valence-corrected chi connectivity index (χ4v) is 5.01. The Morgan fingerprint density at radius 3 is 2.61 bits per heavy atom. The first-order valence-corrected chi connectivity index (χ1v) is 8.72. The summed E-state index contributed by atoms with van der Waals surface area (Å²) in [6.07, 6.45) is -3.09. The van der Waals surface area contributed by atoms with Gasteiger partial charge in [0.15, 0.2) is 0 Å². The van der Waals surface area contributed by atoms with Gasteiger partial charge in [-0.15, -0.1) is 13.2 Å². The van der Waals surface area contributed by atoms with Gasteiger partial charge in [0, 0.05) is 25.2 Å². The van der Waals surface area contributed by atoms with Crippen molar-refractivity contribution in [1.29, 1.82) is 0 Å². The SMILES string of the molecule is NC1CCC2CN(S(=O)(=O)c3cccc(OC(F)(F)F)c3)CC12. The van der Waals surface area contributed by atoms with Crippen molar-refractivity contribution in [3.63, 3.8) is 0 Å². The Balaban J connectivity index is 1.82. The van der Waals surface area contributed by atoms with Crippen molar-refractivity contribution < 1.29 is 26.3 Å². The summed E-state index contributed by atoms with van der Waals surface area (Å²) >= 11 is 0. The van der Waals surface area contributed by atoms with Gasteiger partial charge in [0.25, 0.3) is 0 Å². The normalized spacial score (nSPS) is 28.8. The van der Waals surface area contributed by atoms with Crippen LogP contribution in [0.15, 0.2) is 29.2 Å². The van der Waals surface area contributed by atoms with Crippen LogP contribution < -0.4 is 10.5 Å². The zero-order valence-electron chi connectivity index (χ0n) is 12.2. The Kier molecular flexibility index (Phi) is 4.06. The molecule has 128 valence electrons. The van der Waals surface area contributed by atoms with E-state index in [9.17, 15) is 21.6 Å². The van der Waals surface area contributed by atoms with Crippen molar-refractivity contribution in [3.8, 4) is 5.75 Å². The molecule has 2 fully saturated rings. The van der Waals surface area contributed by atoms with E-state index in [2.05, 4.69) is 4.74 Å². The third kappa shape index (κ3) is 3.31. The van der Waals surface area contributed by atoms with Crippen molar-refractivity contribution in [2.24, 2.45) is 17.6 Å². The first-order chi connectivity index (χ1) is 10.7. The predicted octanol–water partition coefficient (Wildman–Crippen LogP) is 1.94. The maximum Gasteiger partial charge on any atom is 0.573 e. The second kappa shape index (κ2) is 5.64. The van der Waals surface area contributed by atoms with E-state index in [1.54, 1.807) is 0 Å². The molecule has 3 atom stereocenters. The standard InChI is InChI=1S/C14H17F3N2O3S/c15-14(16,17)22-10-2-1-3-11(6-10)23(20,21)19-7-9-4-5-13(18)12(9)8-19/h1-3,6,9,12-13H,4-5,7-8,18H2. The number of halogens is 3. The van der Waals surface area contributed by atoms with E-state index >= 15 is 0 Å². The average Bonchev–Trinajstić information content (AvgIpc) is 3.00. The first-order valence-electron chi connectivity index (χ1n) is 7.28. The number of nitrogens with zero attached hydrogens (tertiary/aromatic N) is 1. The van der Waals surface area contributed by atoms with E-state index in [0.29, 0.717) is 13.1 Å². The van der Waals surface area contributed by atoms with Crippen LogP contribution in [0.5, 0.6) is 5.75 Å². The summed E-state index contributed by atoms with van der Waals surface area (Å²) < 4.78 is 67.2. The van der Waals surface area contributed by atoms with E-state index in [-0.39, 0.29) is 22.8 Å². The van der Waals surface area contributed by atoms with Gasteiger partial charge in [0.1, 0.15) is 5.75 Å². The highest BCUT2D eigenvalue weighted by atomic mass is 32.2. The molecular formula is C14H17F3N2O3S. The summed E-state index contributed by atoms with van der Waals surface area (Å²) in [4.78, 5) is -0.201. The lowest BCUT2D eigenvalue weighted by atomic mass is 9.98. The summed E-state index contributed by atoms with van der Waals surface area (Å²) in [5.41, 5.74) is 5.99. The summed E-state index contributed by atoms with van der Waals surface area (Å²) in [5, 5.41) is 0. The number of hydrogen-bond donors (Lipinski definition) is 1. The van der Waals surface area contributed by atoms with Crippen LogP contribution in [0.2, 0.25) is 0 Å². The molecule has 0 bridgehead atoms. The highest BCUT2D eigenvalue weighted by Gasteiger charge is 2.45. The van der Waals surface area contributed by atoms with Gasteiger partial charge in [-0.25, -0.2) is 8.42 Å². The van der Waals surface area contributed by atoms with Crippen molar-refractivity contribution in [1.82, 2.24) is 4.31 Å². The molecule has 5 nitrogen and oxygen atoms in total. The number of nitrogens with two attached hydrogens (primary N) is 1. The molecular weight excluding hydrogens is 333 g/mol. The van der Waals surface area contributed by atoms with Gasteiger partial charge in [0.05, 0.1) is 4.90 Å². The van der Waals surface area contributed by atoms with Crippen LogP contribution in [0, 0.1) is 11.8 Å². The zero-order valence-corrected chi connectivity index (χ0v) is 13.0. The highest BCUT2D eigenvalue weighted by Crippen LogP contribution is 2.39. The summed E-state index contributed by atoms with van der Waals surface area (Å²) in [7, 11) is -3.85. The molecule has 9 heteroatoms. The van der Waals surface area contributed by atoms with Gasteiger partial charge in [-0.2, -0.15) is 4.31 Å². The molecule has 23 heavy (non-hydrogen) atoms. The van der Waals surface area contributed by atoms with Crippen molar-refractivity contribution in [2.45, 2.75) is 30.1 Å². The molecule has 1 saturated heterocycles. The molecule has 0 aromatic heterocycles. The molecule has 1 aromatic rings. The summed E-state index contributed by atoms with van der Waals surface area (Å²) in [6, 6.07) is 4.46. The Bertz CT molecular complexity index is 693. The lowest BCUT2D eigenvalue weighted by Gasteiger charge is -2.19. The number of ether oxygens (including phenoxy) is 1. The molecule has 2 N–H and O–H groups in total. The van der Waals surface area contributed by atoms with E-state index in [4.69, 9.17) is 5.73 Å². The molecule has 3 rings (SSSR count). The number of sulfonamides is 1. The van der Waals surface area contributed by atoms with Crippen LogP contribution in [0.1, 0.15) is 12.8 Å². The van der Waals surface area contributed by atoms with Gasteiger partial charge in [-0.3, -0.25) is 0 Å². The number of fused-ring (bicyclic) bond motifs is 1. The quantitative estimate of drug-likeness (QED) is 0.904. The van der Waals surface area contributed by atoms with Crippen LogP contribution in [0.4, 0.5) is 13.2 Å². The van der Waals surface area contributed by atoms with E-state index in [1.165, 1.54) is 16.4 Å². The molecule has 0 amide bonds. The molecule has 1 heterocycles. The molecule has 1 aliphatic carbocycles. The second-order valence-corrected chi connectivity index (χ2v) is 7.95. The predicted molar refractivity (Wildman–Crippen MR) is 76.1 cm³/mol. The molecule has 1 aliphatic heterocycles. The minimum absolute atomic E-state index is 0.0138. The zero-order chi connectivity index (χ0) is 16.8. The third-order valence-electron chi connectivity index (χ3n) is 4.56. The fraction of sp³-hybridized carbons (Fsp3) is 0.571. The monoisotopic (exact) mass is 350 g/mol. The lowest BCUT2D eigenvalue weighted by molar-refractivity contribution is -0.274. The molecule has 0 spiro atoms. The Labute approximate surface area is 132 Å². The van der Waals surface area contributed by atoms with Crippen molar-refractivity contribution in [2.75, 3.05) is 13.1 Å². The van der Waals surface area contributed by atoms with Crippen LogP contribution >= 0.6 is 0 Å². The number of benzene rings is 1. The number of alkyl halides is 3. The van der Waals surface area contributed by atoms with E-state index in [1.807, 2.05) is 0 Å². The smallest absolute Gasteiger partial charge is 0.406 e. The minimum atomic E-state index is -4.86. The fourth-order valence-electron chi connectivity index (χ4n) is 3.44. The van der Waals surface area contributed by atoms with Gasteiger partial charge in [-0.1, -0.05) is 6.07 Å². The topological polar surface area (TPSA) is 72.6 Å². The van der Waals surface area contributed by atoms with Crippen molar-refractivity contribution >= 4 is 10.0 Å². The second-order valence-electron chi connectivity index (χ2n) is 6.01. The summed E-state index contributed by atoms with van der Waals surface area (Å²) in [6.45, 7) is 0.684. The molecule has 1 saturated carbocycles. The molecule has 0 radical (unpaired) electrons. The minimum Gasteiger partial charge on any atom is -0.406 e. The lowest BCUT2D eigenvalue weighted by Crippen LogP contribution is -2.33. The Hall–Kier alpha value is -1.32. The maximum atomic E-state index is 12.6. The van der Waals surface area contributed by atoms with Gasteiger partial charge >= 0.3 is 6.36 Å². The number of rotatable bonds is 3. The van der Waals surface area contributed by atoms with Crippen LogP contribution in [0.25, 0.3) is 0 Å². The van der Waals surface area contributed by atoms with Gasteiger partial charge in [-0.05, 0) is 36.8 Å². The third-order valence-corrected chi connectivity index (χ3v) is 6.38. The van der Waals surface area contributed by atoms with Crippen LogP contribution in [-0.2, 0) is 10.0 Å². The molecule has 2 aliphatic rings. The van der Waals surface area contributed by atoms with Gasteiger partial charge in [0.2, 0.25) is 10.0 Å². The van der Waals surface area contributed by atoms with Gasteiger partial charge < -0.3 is 10.5 Å². The largest absolute Gasteiger partial charge is 0.573 e. The molecule has 1 aromatic carbocycles. The van der Waals surface area contributed by atoms with Crippen LogP contribution in [0.3, 0.4) is 0 Å². The van der Waals surface area contributed by atoms with Crippen LogP contribution in [-0.4, -0.2) is 38.2 Å². The summed E-state index contributed by atoms with van der Waals surface area (Å²) in [5.74, 6) is -0.191. The van der Waals surface area contributed by atoms with E-state index in [0.717, 1.165) is 25.0 Å². The first kappa shape index (κ1) is 16.5. The number of hydrogen-bond acceptors (Lipinski definition) is 4. The Morgan fingerprint density at radius 2 is 1.96 bits per heavy atom. The Morgan fingerprint density at radius 1 is 1.22 bits per heavy atom. The van der Waals surface area contributed by atoms with Crippen molar-refractivity contribution in [3.05, 3.63) is 24.3 Å². The average molecular weight is 350 g/mol. The van der Waals surface area contributed by atoms with E-state index < -0.39 is 22.1 Å². The molecule has 3 unspecified atom stereocenters. The highest BCUT2D eigenvalue weighted by molar-refractivity contribution is 7.89. The maximum absolute atomic E-state index is 12.6.